The monoisotopic (exact) mass is 277 g/mol. The van der Waals surface area contributed by atoms with Crippen LogP contribution in [-0.4, -0.2) is 29.9 Å². The lowest BCUT2D eigenvalue weighted by molar-refractivity contribution is -0.140. The molecule has 1 atom stereocenters. The van der Waals surface area contributed by atoms with Crippen LogP contribution in [0.1, 0.15) is 36.8 Å². The summed E-state index contributed by atoms with van der Waals surface area (Å²) in [5, 5.41) is 16.5. The number of methoxy groups -OCH3 is 1. The Morgan fingerprint density at radius 1 is 1.30 bits per heavy atom. The quantitative estimate of drug-likeness (QED) is 0.591. The molecule has 0 radical (unpaired) electrons. The van der Waals surface area contributed by atoms with Gasteiger partial charge in [-0.3, -0.25) is 10.2 Å². The minimum Gasteiger partial charge on any atom is -0.477 e. The minimum atomic E-state index is -1.19. The Labute approximate surface area is 118 Å². The molecule has 0 amide bonds. The third kappa shape index (κ3) is 4.19. The fourth-order valence-electron chi connectivity index (χ4n) is 2.02. The Morgan fingerprint density at radius 2 is 1.90 bits per heavy atom. The van der Waals surface area contributed by atoms with Gasteiger partial charge in [0.25, 0.3) is 0 Å². The molecule has 0 aromatic heterocycles. The van der Waals surface area contributed by atoms with Gasteiger partial charge in [0.15, 0.2) is 0 Å². The van der Waals surface area contributed by atoms with Gasteiger partial charge in [0.05, 0.1) is 7.11 Å². The molecule has 0 unspecified atom stereocenters. The molecule has 1 aromatic carbocycles. The Hall–Kier alpha value is -2.17. The van der Waals surface area contributed by atoms with Gasteiger partial charge in [-0.05, 0) is 24.0 Å². The van der Waals surface area contributed by atoms with Crippen molar-refractivity contribution >= 4 is 17.7 Å². The molecule has 0 aliphatic heterocycles. The predicted molar refractivity (Wildman–Crippen MR) is 75.2 cm³/mol. The standard InChI is InChI=1S/C15H19NO4/c1-3-12(14(16)15(18)19)11-7-4-10(5-8-11)6-9-13(17)20-2/h4-5,7-8,12,16H,3,6,9H2,1-2H3,(H,18,19)/t12-/m1/s1. The highest BCUT2D eigenvalue weighted by Crippen LogP contribution is 2.21. The van der Waals surface area contributed by atoms with Gasteiger partial charge in [-0.25, -0.2) is 4.79 Å². The third-order valence-electron chi connectivity index (χ3n) is 3.21. The summed E-state index contributed by atoms with van der Waals surface area (Å²) in [5.41, 5.74) is 1.49. The zero-order valence-electron chi connectivity index (χ0n) is 11.7. The molecule has 2 N–H and O–H groups in total. The molecule has 20 heavy (non-hydrogen) atoms. The van der Waals surface area contributed by atoms with E-state index in [0.717, 1.165) is 11.1 Å². The molecular weight excluding hydrogens is 258 g/mol. The number of carboxylic acid groups (broad SMARTS) is 1. The van der Waals surface area contributed by atoms with Crippen LogP contribution in [0, 0.1) is 5.41 Å². The van der Waals surface area contributed by atoms with Crippen LogP contribution in [0.3, 0.4) is 0 Å². The molecule has 1 aromatic rings. The van der Waals surface area contributed by atoms with Crippen molar-refractivity contribution in [3.63, 3.8) is 0 Å². The van der Waals surface area contributed by atoms with Crippen molar-refractivity contribution in [2.45, 2.75) is 32.1 Å². The summed E-state index contributed by atoms with van der Waals surface area (Å²) < 4.78 is 4.58. The number of ether oxygens (including phenoxy) is 1. The van der Waals surface area contributed by atoms with E-state index in [1.54, 1.807) is 0 Å². The molecule has 0 heterocycles. The van der Waals surface area contributed by atoms with Crippen molar-refractivity contribution < 1.29 is 19.4 Å². The topological polar surface area (TPSA) is 87.5 Å². The highest BCUT2D eigenvalue weighted by atomic mass is 16.5. The van der Waals surface area contributed by atoms with Gasteiger partial charge in [0.1, 0.15) is 5.71 Å². The number of carbonyl (C=O) groups is 2. The number of hydrogen-bond acceptors (Lipinski definition) is 4. The van der Waals surface area contributed by atoms with E-state index >= 15 is 0 Å². The van der Waals surface area contributed by atoms with Gasteiger partial charge in [0, 0.05) is 12.3 Å². The van der Waals surface area contributed by atoms with E-state index in [1.165, 1.54) is 7.11 Å². The number of carboxylic acids is 1. The van der Waals surface area contributed by atoms with E-state index in [1.807, 2.05) is 31.2 Å². The van der Waals surface area contributed by atoms with Gasteiger partial charge < -0.3 is 9.84 Å². The Balaban J connectivity index is 2.76. The van der Waals surface area contributed by atoms with Crippen LogP contribution in [0.5, 0.6) is 0 Å². The fourth-order valence-corrected chi connectivity index (χ4v) is 2.02. The summed E-state index contributed by atoms with van der Waals surface area (Å²) in [5.74, 6) is -1.85. The first-order valence-corrected chi connectivity index (χ1v) is 6.47. The number of benzene rings is 1. The SMILES string of the molecule is CC[C@@H](C(=N)C(=O)O)c1ccc(CCC(=O)OC)cc1. The average molecular weight is 277 g/mol. The van der Waals surface area contributed by atoms with Crippen molar-refractivity contribution in [3.05, 3.63) is 35.4 Å². The zero-order valence-corrected chi connectivity index (χ0v) is 11.7. The Morgan fingerprint density at radius 3 is 2.35 bits per heavy atom. The van der Waals surface area contributed by atoms with Crippen LogP contribution in [0.25, 0.3) is 0 Å². The number of hydrogen-bond donors (Lipinski definition) is 2. The largest absolute Gasteiger partial charge is 0.477 e. The van der Waals surface area contributed by atoms with Crippen molar-refractivity contribution in [2.24, 2.45) is 0 Å². The second kappa shape index (κ2) is 7.43. The molecule has 0 aliphatic carbocycles. The summed E-state index contributed by atoms with van der Waals surface area (Å²) in [7, 11) is 1.36. The van der Waals surface area contributed by atoms with Crippen LogP contribution < -0.4 is 0 Å². The van der Waals surface area contributed by atoms with Crippen molar-refractivity contribution in [2.75, 3.05) is 7.11 Å². The normalized spacial score (nSPS) is 11.7. The first-order chi connectivity index (χ1) is 9.49. The molecule has 0 fully saturated rings. The molecule has 108 valence electrons. The second-order valence-electron chi connectivity index (χ2n) is 4.50. The zero-order chi connectivity index (χ0) is 15.1. The molecule has 0 aliphatic rings. The highest BCUT2D eigenvalue weighted by Gasteiger charge is 2.20. The first kappa shape index (κ1) is 15.9. The van der Waals surface area contributed by atoms with Gasteiger partial charge >= 0.3 is 11.9 Å². The maximum absolute atomic E-state index is 11.1. The van der Waals surface area contributed by atoms with E-state index in [9.17, 15) is 9.59 Å². The van der Waals surface area contributed by atoms with Gasteiger partial charge in [-0.1, -0.05) is 31.2 Å². The lowest BCUT2D eigenvalue weighted by atomic mass is 9.90. The molecule has 0 bridgehead atoms. The highest BCUT2D eigenvalue weighted by molar-refractivity contribution is 6.36. The van der Waals surface area contributed by atoms with Crippen molar-refractivity contribution in [3.8, 4) is 0 Å². The lowest BCUT2D eigenvalue weighted by Gasteiger charge is -2.14. The summed E-state index contributed by atoms with van der Waals surface area (Å²) in [4.78, 5) is 21.9. The number of esters is 1. The number of aliphatic carboxylic acids is 1. The van der Waals surface area contributed by atoms with Crippen LogP contribution in [0.4, 0.5) is 0 Å². The molecule has 0 spiro atoms. The molecule has 5 nitrogen and oxygen atoms in total. The molecule has 0 saturated heterocycles. The first-order valence-electron chi connectivity index (χ1n) is 6.47. The number of rotatable bonds is 7. The minimum absolute atomic E-state index is 0.256. The maximum atomic E-state index is 11.1. The van der Waals surface area contributed by atoms with Crippen molar-refractivity contribution in [1.82, 2.24) is 0 Å². The summed E-state index contributed by atoms with van der Waals surface area (Å²) in [6, 6.07) is 7.35. The smallest absolute Gasteiger partial charge is 0.350 e. The van der Waals surface area contributed by atoms with Crippen LogP contribution in [0.15, 0.2) is 24.3 Å². The summed E-state index contributed by atoms with van der Waals surface area (Å²) >= 11 is 0. The molecule has 1 rings (SSSR count). The number of carbonyl (C=O) groups excluding carboxylic acids is 1. The fraction of sp³-hybridized carbons (Fsp3) is 0.400. The van der Waals surface area contributed by atoms with Crippen LogP contribution >= 0.6 is 0 Å². The van der Waals surface area contributed by atoms with E-state index in [4.69, 9.17) is 10.5 Å². The van der Waals surface area contributed by atoms with E-state index < -0.39 is 11.9 Å². The molecule has 5 heteroatoms. The maximum Gasteiger partial charge on any atom is 0.350 e. The second-order valence-corrected chi connectivity index (χ2v) is 4.50. The van der Waals surface area contributed by atoms with Gasteiger partial charge in [-0.15, -0.1) is 0 Å². The summed E-state index contributed by atoms with van der Waals surface area (Å²) in [6.45, 7) is 1.85. The van der Waals surface area contributed by atoms with Crippen LogP contribution in [-0.2, 0) is 20.7 Å². The lowest BCUT2D eigenvalue weighted by Crippen LogP contribution is -2.20. The predicted octanol–water partition coefficient (Wildman–Crippen LogP) is 2.39. The van der Waals surface area contributed by atoms with Crippen molar-refractivity contribution in [1.29, 1.82) is 5.41 Å². The Bertz CT molecular complexity index is 493. The average Bonchev–Trinajstić information content (AvgIpc) is 2.46. The van der Waals surface area contributed by atoms with E-state index in [-0.39, 0.29) is 11.7 Å². The number of nitrogens with one attached hydrogen (secondary N) is 1. The molecular formula is C15H19NO4. The van der Waals surface area contributed by atoms with Gasteiger partial charge in [0.2, 0.25) is 0 Å². The Kier molecular flexibility index (Phi) is 5.90. The van der Waals surface area contributed by atoms with E-state index in [2.05, 4.69) is 4.74 Å². The molecule has 0 saturated carbocycles. The van der Waals surface area contributed by atoms with Crippen LogP contribution in [0.2, 0.25) is 0 Å². The van der Waals surface area contributed by atoms with Gasteiger partial charge in [-0.2, -0.15) is 0 Å². The third-order valence-corrected chi connectivity index (χ3v) is 3.21. The van der Waals surface area contributed by atoms with E-state index in [0.29, 0.717) is 19.3 Å². The number of aryl methyl sites for hydroxylation is 1. The summed E-state index contributed by atoms with van der Waals surface area (Å²) in [6.07, 6.45) is 1.46.